The van der Waals surface area contributed by atoms with Gasteiger partial charge >= 0.3 is 0 Å². The fraction of sp³-hybridized carbons (Fsp3) is 0.176. The molecule has 1 aromatic heterocycles. The number of hydrogen-bond acceptors (Lipinski definition) is 2. The standard InChI is InChI=1S/C17H17IN2O/c1-12(20(21)11-13-5-3-2-4-6-13)16-10-19-17-8-7-14(18)9-15(16)17/h2-10,12,19,21H,11H2,1H3. The molecule has 0 saturated carbocycles. The van der Waals surface area contributed by atoms with Gasteiger partial charge in [0.1, 0.15) is 0 Å². The van der Waals surface area contributed by atoms with Crippen molar-refractivity contribution < 1.29 is 5.21 Å². The van der Waals surface area contributed by atoms with Crippen molar-refractivity contribution in [2.75, 3.05) is 0 Å². The lowest BCUT2D eigenvalue weighted by Gasteiger charge is -2.22. The van der Waals surface area contributed by atoms with Gasteiger partial charge in [0.2, 0.25) is 0 Å². The van der Waals surface area contributed by atoms with Crippen molar-refractivity contribution in [2.45, 2.75) is 19.5 Å². The van der Waals surface area contributed by atoms with Gasteiger partial charge < -0.3 is 10.2 Å². The second-order valence-electron chi connectivity index (χ2n) is 5.19. The van der Waals surface area contributed by atoms with Crippen LogP contribution in [0.5, 0.6) is 0 Å². The molecule has 0 radical (unpaired) electrons. The Morgan fingerprint density at radius 1 is 1.19 bits per heavy atom. The van der Waals surface area contributed by atoms with Crippen LogP contribution in [-0.2, 0) is 6.54 Å². The predicted molar refractivity (Wildman–Crippen MR) is 93.2 cm³/mol. The van der Waals surface area contributed by atoms with Crippen LogP contribution in [0.25, 0.3) is 10.9 Å². The van der Waals surface area contributed by atoms with Gasteiger partial charge in [0.15, 0.2) is 0 Å². The molecule has 0 fully saturated rings. The number of hydrogen-bond donors (Lipinski definition) is 2. The molecule has 0 amide bonds. The van der Waals surface area contributed by atoms with E-state index in [4.69, 9.17) is 0 Å². The van der Waals surface area contributed by atoms with Gasteiger partial charge in [0.05, 0.1) is 6.04 Å². The van der Waals surface area contributed by atoms with E-state index in [1.807, 2.05) is 43.5 Å². The van der Waals surface area contributed by atoms with Crippen LogP contribution >= 0.6 is 22.6 Å². The SMILES string of the molecule is CC(c1c[nH]c2ccc(I)cc12)N(O)Cc1ccccc1. The molecule has 2 N–H and O–H groups in total. The van der Waals surface area contributed by atoms with E-state index in [2.05, 4.69) is 45.8 Å². The van der Waals surface area contributed by atoms with E-state index < -0.39 is 0 Å². The maximum atomic E-state index is 10.4. The van der Waals surface area contributed by atoms with Crippen molar-refractivity contribution in [3.05, 3.63) is 69.4 Å². The number of rotatable bonds is 4. The van der Waals surface area contributed by atoms with Crippen LogP contribution in [0.2, 0.25) is 0 Å². The zero-order chi connectivity index (χ0) is 14.8. The van der Waals surface area contributed by atoms with E-state index in [0.717, 1.165) is 16.6 Å². The molecule has 1 atom stereocenters. The first-order valence-corrected chi connectivity index (χ1v) is 7.99. The first kappa shape index (κ1) is 14.6. The monoisotopic (exact) mass is 392 g/mol. The van der Waals surface area contributed by atoms with Crippen LogP contribution in [0.15, 0.2) is 54.7 Å². The minimum atomic E-state index is -0.0721. The molecule has 3 rings (SSSR count). The smallest absolute Gasteiger partial charge is 0.0596 e. The molecule has 3 aromatic rings. The predicted octanol–water partition coefficient (Wildman–Crippen LogP) is 4.72. The summed E-state index contributed by atoms with van der Waals surface area (Å²) in [6.07, 6.45) is 1.99. The van der Waals surface area contributed by atoms with Crippen LogP contribution in [0.1, 0.15) is 24.1 Å². The first-order valence-electron chi connectivity index (χ1n) is 6.91. The van der Waals surface area contributed by atoms with Crippen LogP contribution in [0.4, 0.5) is 0 Å². The Kier molecular flexibility index (Phi) is 4.28. The Morgan fingerprint density at radius 3 is 2.71 bits per heavy atom. The third-order valence-corrected chi connectivity index (χ3v) is 4.43. The second kappa shape index (κ2) is 6.17. The molecule has 0 aliphatic heterocycles. The Bertz CT molecular complexity index is 739. The van der Waals surface area contributed by atoms with E-state index >= 15 is 0 Å². The molecule has 3 nitrogen and oxygen atoms in total. The number of aromatic amines is 1. The van der Waals surface area contributed by atoms with Crippen molar-refractivity contribution in [1.29, 1.82) is 0 Å². The van der Waals surface area contributed by atoms with Gasteiger partial charge in [-0.2, -0.15) is 5.06 Å². The number of hydroxylamine groups is 2. The zero-order valence-corrected chi connectivity index (χ0v) is 13.9. The van der Waals surface area contributed by atoms with Gasteiger partial charge in [-0.15, -0.1) is 0 Å². The Morgan fingerprint density at radius 2 is 1.95 bits per heavy atom. The molecule has 0 spiro atoms. The van der Waals surface area contributed by atoms with Crippen molar-refractivity contribution in [3.8, 4) is 0 Å². The highest BCUT2D eigenvalue weighted by atomic mass is 127. The van der Waals surface area contributed by atoms with Gasteiger partial charge in [0, 0.05) is 27.2 Å². The summed E-state index contributed by atoms with van der Waals surface area (Å²) in [5.41, 5.74) is 3.31. The van der Waals surface area contributed by atoms with Crippen LogP contribution in [0.3, 0.4) is 0 Å². The fourth-order valence-corrected chi connectivity index (χ4v) is 3.02. The Hall–Kier alpha value is -1.37. The molecule has 1 heterocycles. The number of nitrogens with one attached hydrogen (secondary N) is 1. The number of aromatic nitrogens is 1. The summed E-state index contributed by atoms with van der Waals surface area (Å²) < 4.78 is 1.20. The van der Waals surface area contributed by atoms with Gasteiger partial charge in [-0.1, -0.05) is 30.3 Å². The Balaban J connectivity index is 1.86. The van der Waals surface area contributed by atoms with E-state index in [9.17, 15) is 5.21 Å². The average molecular weight is 392 g/mol. The lowest BCUT2D eigenvalue weighted by atomic mass is 10.1. The highest BCUT2D eigenvalue weighted by Crippen LogP contribution is 2.29. The third kappa shape index (κ3) is 3.12. The maximum Gasteiger partial charge on any atom is 0.0596 e. The lowest BCUT2D eigenvalue weighted by molar-refractivity contribution is -0.131. The molecular formula is C17H17IN2O. The van der Waals surface area contributed by atoms with E-state index in [0.29, 0.717) is 6.54 Å². The lowest BCUT2D eigenvalue weighted by Crippen LogP contribution is -2.22. The van der Waals surface area contributed by atoms with Gasteiger partial charge in [-0.25, -0.2) is 0 Å². The Labute approximate surface area is 137 Å². The van der Waals surface area contributed by atoms with Crippen LogP contribution in [0, 0.1) is 3.57 Å². The molecule has 2 aromatic carbocycles. The molecule has 0 aliphatic carbocycles. The fourth-order valence-electron chi connectivity index (χ4n) is 2.53. The normalized spacial score (nSPS) is 13.0. The maximum absolute atomic E-state index is 10.4. The number of H-pyrrole nitrogens is 1. The van der Waals surface area contributed by atoms with Gasteiger partial charge in [-0.3, -0.25) is 0 Å². The average Bonchev–Trinajstić information content (AvgIpc) is 2.90. The van der Waals surface area contributed by atoms with E-state index in [1.54, 1.807) is 0 Å². The second-order valence-corrected chi connectivity index (χ2v) is 6.44. The molecule has 21 heavy (non-hydrogen) atoms. The minimum Gasteiger partial charge on any atom is -0.361 e. The summed E-state index contributed by atoms with van der Waals surface area (Å²) >= 11 is 2.31. The summed E-state index contributed by atoms with van der Waals surface area (Å²) in [7, 11) is 0. The largest absolute Gasteiger partial charge is 0.361 e. The van der Waals surface area contributed by atoms with Gasteiger partial charge in [-0.05, 0) is 58.8 Å². The quantitative estimate of drug-likeness (QED) is 0.498. The summed E-state index contributed by atoms with van der Waals surface area (Å²) in [5, 5.41) is 12.9. The molecule has 0 aliphatic rings. The topological polar surface area (TPSA) is 39.3 Å². The van der Waals surface area contributed by atoms with Crippen molar-refractivity contribution in [2.24, 2.45) is 0 Å². The van der Waals surface area contributed by atoms with Gasteiger partial charge in [0.25, 0.3) is 0 Å². The molecule has 1 unspecified atom stereocenters. The highest BCUT2D eigenvalue weighted by Gasteiger charge is 2.17. The van der Waals surface area contributed by atoms with E-state index in [1.165, 1.54) is 14.0 Å². The van der Waals surface area contributed by atoms with Crippen LogP contribution in [-0.4, -0.2) is 15.3 Å². The third-order valence-electron chi connectivity index (χ3n) is 3.76. The van der Waals surface area contributed by atoms with E-state index in [-0.39, 0.29) is 6.04 Å². The molecule has 4 heteroatoms. The molecule has 0 saturated heterocycles. The summed E-state index contributed by atoms with van der Waals surface area (Å²) in [5.74, 6) is 0. The zero-order valence-electron chi connectivity index (χ0n) is 11.8. The molecule has 0 bridgehead atoms. The van der Waals surface area contributed by atoms with Crippen molar-refractivity contribution >= 4 is 33.5 Å². The summed E-state index contributed by atoms with van der Waals surface area (Å²) in [6, 6.07) is 16.2. The van der Waals surface area contributed by atoms with Crippen molar-refractivity contribution in [1.82, 2.24) is 10.0 Å². The molecule has 108 valence electrons. The first-order chi connectivity index (χ1) is 10.1. The van der Waals surface area contributed by atoms with Crippen molar-refractivity contribution in [3.63, 3.8) is 0 Å². The number of halogens is 1. The highest BCUT2D eigenvalue weighted by molar-refractivity contribution is 14.1. The van der Waals surface area contributed by atoms with Crippen LogP contribution < -0.4 is 0 Å². The number of benzene rings is 2. The number of nitrogens with zero attached hydrogens (tertiary/aromatic N) is 1. The summed E-state index contributed by atoms with van der Waals surface area (Å²) in [4.78, 5) is 3.27. The minimum absolute atomic E-state index is 0.0721. The summed E-state index contributed by atoms with van der Waals surface area (Å²) in [6.45, 7) is 2.53. The number of fused-ring (bicyclic) bond motifs is 1. The molecular weight excluding hydrogens is 375 g/mol.